The van der Waals surface area contributed by atoms with E-state index in [0.29, 0.717) is 25.0 Å². The molecule has 1 aliphatic heterocycles. The molecular weight excluding hydrogens is 204 g/mol. The number of hydrogen-bond acceptors (Lipinski definition) is 4. The van der Waals surface area contributed by atoms with E-state index in [2.05, 4.69) is 12.2 Å². The minimum absolute atomic E-state index is 0.413. The topological polar surface area (TPSA) is 44.7 Å². The maximum atomic E-state index is 10.1. The van der Waals surface area contributed by atoms with Crippen LogP contribution in [0.1, 0.15) is 20.3 Å². The molecule has 2 N–H and O–H groups in total. The standard InChI is InChI=1S/C12H26N2O2/c1-10(11-5-6-16-7-11)13-8-12(2,15)9-14(3)4/h10-11,13,15H,5-9H2,1-4H3. The fourth-order valence-corrected chi connectivity index (χ4v) is 2.23. The molecule has 1 aliphatic rings. The molecular formula is C12H26N2O2. The molecule has 0 saturated carbocycles. The average molecular weight is 230 g/mol. The number of nitrogens with zero attached hydrogens (tertiary/aromatic N) is 1. The van der Waals surface area contributed by atoms with Crippen molar-refractivity contribution in [3.05, 3.63) is 0 Å². The lowest BCUT2D eigenvalue weighted by Crippen LogP contribution is -2.49. The van der Waals surface area contributed by atoms with Crippen LogP contribution in [0, 0.1) is 5.92 Å². The number of hydrogen-bond donors (Lipinski definition) is 2. The van der Waals surface area contributed by atoms with Gasteiger partial charge in [-0.1, -0.05) is 0 Å². The van der Waals surface area contributed by atoms with Gasteiger partial charge >= 0.3 is 0 Å². The van der Waals surface area contributed by atoms with Crippen LogP contribution in [0.25, 0.3) is 0 Å². The Hall–Kier alpha value is -0.160. The van der Waals surface area contributed by atoms with E-state index in [1.165, 1.54) is 0 Å². The van der Waals surface area contributed by atoms with Crippen molar-refractivity contribution in [2.75, 3.05) is 40.4 Å². The Labute approximate surface area is 99.0 Å². The zero-order valence-electron chi connectivity index (χ0n) is 11.0. The first kappa shape index (κ1) is 13.9. The summed E-state index contributed by atoms with van der Waals surface area (Å²) in [7, 11) is 3.95. The highest BCUT2D eigenvalue weighted by Gasteiger charge is 2.26. The molecule has 3 atom stereocenters. The Morgan fingerprint density at radius 1 is 1.56 bits per heavy atom. The van der Waals surface area contributed by atoms with Gasteiger partial charge in [-0.25, -0.2) is 0 Å². The van der Waals surface area contributed by atoms with E-state index in [0.717, 1.165) is 19.6 Å². The number of aliphatic hydroxyl groups is 1. The van der Waals surface area contributed by atoms with E-state index in [9.17, 15) is 5.11 Å². The second-order valence-corrected chi connectivity index (χ2v) is 5.53. The fraction of sp³-hybridized carbons (Fsp3) is 1.00. The van der Waals surface area contributed by atoms with Crippen LogP contribution >= 0.6 is 0 Å². The molecule has 16 heavy (non-hydrogen) atoms. The molecule has 1 rings (SSSR count). The van der Waals surface area contributed by atoms with Crippen LogP contribution in [0.5, 0.6) is 0 Å². The minimum Gasteiger partial charge on any atom is -0.388 e. The summed E-state index contributed by atoms with van der Waals surface area (Å²) in [5.74, 6) is 0.593. The average Bonchev–Trinajstić information content (AvgIpc) is 2.64. The first-order chi connectivity index (χ1) is 7.41. The van der Waals surface area contributed by atoms with E-state index in [1.807, 2.05) is 25.9 Å². The SMILES string of the molecule is CC(NCC(C)(O)CN(C)C)C1CCOC1. The Bertz CT molecular complexity index is 201. The summed E-state index contributed by atoms with van der Waals surface area (Å²) in [4.78, 5) is 2.00. The van der Waals surface area contributed by atoms with Gasteiger partial charge in [-0.2, -0.15) is 0 Å². The zero-order chi connectivity index (χ0) is 12.2. The lowest BCUT2D eigenvalue weighted by Gasteiger charge is -2.30. The minimum atomic E-state index is -0.669. The van der Waals surface area contributed by atoms with Crippen molar-refractivity contribution in [1.82, 2.24) is 10.2 Å². The first-order valence-corrected chi connectivity index (χ1v) is 6.09. The molecule has 96 valence electrons. The van der Waals surface area contributed by atoms with Crippen LogP contribution in [0.4, 0.5) is 0 Å². The molecule has 0 radical (unpaired) electrons. The largest absolute Gasteiger partial charge is 0.388 e. The molecule has 0 aliphatic carbocycles. The van der Waals surface area contributed by atoms with Gasteiger partial charge in [-0.05, 0) is 40.3 Å². The van der Waals surface area contributed by atoms with Crippen molar-refractivity contribution in [3.8, 4) is 0 Å². The smallest absolute Gasteiger partial charge is 0.0869 e. The van der Waals surface area contributed by atoms with E-state index in [-0.39, 0.29) is 0 Å². The maximum absolute atomic E-state index is 10.1. The molecule has 0 amide bonds. The highest BCUT2D eigenvalue weighted by molar-refractivity contribution is 4.82. The van der Waals surface area contributed by atoms with Gasteiger partial charge in [0.05, 0.1) is 12.2 Å². The lowest BCUT2D eigenvalue weighted by molar-refractivity contribution is 0.0297. The Kier molecular flexibility index (Phi) is 5.18. The predicted octanol–water partition coefficient (Wildman–Crippen LogP) is 0.314. The second kappa shape index (κ2) is 5.96. The molecule has 0 bridgehead atoms. The molecule has 1 heterocycles. The van der Waals surface area contributed by atoms with Crippen molar-refractivity contribution in [2.45, 2.75) is 31.9 Å². The van der Waals surface area contributed by atoms with Crippen LogP contribution in [0.2, 0.25) is 0 Å². The number of likely N-dealkylation sites (N-methyl/N-ethyl adjacent to an activating group) is 1. The van der Waals surface area contributed by atoms with Crippen LogP contribution in [0.3, 0.4) is 0 Å². The van der Waals surface area contributed by atoms with Gasteiger partial charge in [0.15, 0.2) is 0 Å². The highest BCUT2D eigenvalue weighted by atomic mass is 16.5. The summed E-state index contributed by atoms with van der Waals surface area (Å²) in [6, 6.07) is 0.413. The lowest BCUT2D eigenvalue weighted by atomic mass is 9.99. The Balaban J connectivity index is 2.26. The third-order valence-corrected chi connectivity index (χ3v) is 3.13. The van der Waals surface area contributed by atoms with Crippen molar-refractivity contribution in [3.63, 3.8) is 0 Å². The van der Waals surface area contributed by atoms with Crippen molar-refractivity contribution in [1.29, 1.82) is 0 Å². The number of rotatable bonds is 6. The first-order valence-electron chi connectivity index (χ1n) is 6.09. The van der Waals surface area contributed by atoms with Crippen molar-refractivity contribution < 1.29 is 9.84 Å². The second-order valence-electron chi connectivity index (χ2n) is 5.53. The van der Waals surface area contributed by atoms with Gasteiger partial charge in [-0.15, -0.1) is 0 Å². The third kappa shape index (κ3) is 4.78. The van der Waals surface area contributed by atoms with Crippen LogP contribution in [-0.2, 0) is 4.74 Å². The summed E-state index contributed by atoms with van der Waals surface area (Å²) >= 11 is 0. The molecule has 1 fully saturated rings. The third-order valence-electron chi connectivity index (χ3n) is 3.13. The van der Waals surface area contributed by atoms with Crippen molar-refractivity contribution in [2.24, 2.45) is 5.92 Å². The molecule has 4 nitrogen and oxygen atoms in total. The molecule has 4 heteroatoms. The molecule has 0 spiro atoms. The summed E-state index contributed by atoms with van der Waals surface area (Å²) in [5, 5.41) is 13.6. The van der Waals surface area contributed by atoms with E-state index in [4.69, 9.17) is 4.74 Å². The normalized spacial score (nSPS) is 27.0. The van der Waals surface area contributed by atoms with Gasteiger partial charge in [0.2, 0.25) is 0 Å². The monoisotopic (exact) mass is 230 g/mol. The van der Waals surface area contributed by atoms with Gasteiger partial charge in [0.1, 0.15) is 0 Å². The highest BCUT2D eigenvalue weighted by Crippen LogP contribution is 2.16. The summed E-state index contributed by atoms with van der Waals surface area (Å²) in [6.07, 6.45) is 1.13. The van der Waals surface area contributed by atoms with E-state index < -0.39 is 5.60 Å². The van der Waals surface area contributed by atoms with E-state index >= 15 is 0 Å². The van der Waals surface area contributed by atoms with Gasteiger partial charge in [0, 0.05) is 25.7 Å². The van der Waals surface area contributed by atoms with Crippen LogP contribution in [-0.4, -0.2) is 62.0 Å². The molecule has 0 aromatic rings. The number of ether oxygens (including phenoxy) is 1. The van der Waals surface area contributed by atoms with Crippen molar-refractivity contribution >= 4 is 0 Å². The Morgan fingerprint density at radius 2 is 2.25 bits per heavy atom. The summed E-state index contributed by atoms with van der Waals surface area (Å²) in [6.45, 7) is 7.08. The quantitative estimate of drug-likeness (QED) is 0.689. The fourth-order valence-electron chi connectivity index (χ4n) is 2.23. The predicted molar refractivity (Wildman–Crippen MR) is 65.6 cm³/mol. The molecule has 1 saturated heterocycles. The van der Waals surface area contributed by atoms with Crippen LogP contribution < -0.4 is 5.32 Å². The van der Waals surface area contributed by atoms with Gasteiger partial charge in [-0.3, -0.25) is 0 Å². The van der Waals surface area contributed by atoms with Crippen LogP contribution in [0.15, 0.2) is 0 Å². The zero-order valence-corrected chi connectivity index (χ0v) is 11.0. The van der Waals surface area contributed by atoms with Gasteiger partial charge in [0.25, 0.3) is 0 Å². The van der Waals surface area contributed by atoms with E-state index in [1.54, 1.807) is 0 Å². The maximum Gasteiger partial charge on any atom is 0.0869 e. The molecule has 0 aromatic carbocycles. The summed E-state index contributed by atoms with van der Waals surface area (Å²) in [5.41, 5.74) is -0.669. The Morgan fingerprint density at radius 3 is 2.75 bits per heavy atom. The molecule has 0 aromatic heterocycles. The number of nitrogens with one attached hydrogen (secondary N) is 1. The molecule has 3 unspecified atom stereocenters. The van der Waals surface area contributed by atoms with Gasteiger partial charge < -0.3 is 20.1 Å². The summed E-state index contributed by atoms with van der Waals surface area (Å²) < 4.78 is 5.36.